The molecule has 0 spiro atoms. The molecule has 0 amide bonds. The first kappa shape index (κ1) is 19.3. The monoisotopic (exact) mass is 338 g/mol. The number of carboxylic acids is 1. The van der Waals surface area contributed by atoms with E-state index in [1.54, 1.807) is 0 Å². The number of unbranched alkanes of at least 4 members (excludes halogenated alkanes) is 1. The van der Waals surface area contributed by atoms with Crippen LogP contribution in [0.4, 0.5) is 0 Å². The third-order valence-electron chi connectivity index (χ3n) is 2.89. The molecular weight excluding hydrogens is 320 g/mol. The second-order valence-corrected chi connectivity index (χ2v) is 4.80. The standard InChI is InChI=1S/C16H18O8/c17-9-1-2-10-23-15(21)11-3-5-12(6-4-11)16(22)24-14(20)8-7-13(18)19/h3-6,17H,1-2,7-10H2,(H,18,19). The summed E-state index contributed by atoms with van der Waals surface area (Å²) in [6, 6.07) is 5.31. The Morgan fingerprint density at radius 1 is 0.875 bits per heavy atom. The number of aliphatic hydroxyl groups excluding tert-OH is 1. The van der Waals surface area contributed by atoms with Gasteiger partial charge in [0.15, 0.2) is 0 Å². The van der Waals surface area contributed by atoms with Gasteiger partial charge in [-0.3, -0.25) is 9.59 Å². The van der Waals surface area contributed by atoms with Crippen molar-refractivity contribution in [1.29, 1.82) is 0 Å². The van der Waals surface area contributed by atoms with Crippen molar-refractivity contribution < 1.29 is 38.9 Å². The van der Waals surface area contributed by atoms with Gasteiger partial charge in [0.1, 0.15) is 0 Å². The molecule has 0 saturated carbocycles. The number of hydrogen-bond acceptors (Lipinski definition) is 7. The fraction of sp³-hybridized carbons (Fsp3) is 0.375. The van der Waals surface area contributed by atoms with Gasteiger partial charge in [0, 0.05) is 6.61 Å². The molecule has 1 aromatic carbocycles. The summed E-state index contributed by atoms with van der Waals surface area (Å²) in [6.45, 7) is 0.209. The summed E-state index contributed by atoms with van der Waals surface area (Å²) in [7, 11) is 0. The normalized spacial score (nSPS) is 10.0. The summed E-state index contributed by atoms with van der Waals surface area (Å²) in [5, 5.41) is 17.1. The maximum absolute atomic E-state index is 11.7. The number of aliphatic hydroxyl groups is 1. The largest absolute Gasteiger partial charge is 0.481 e. The first-order chi connectivity index (χ1) is 11.4. The van der Waals surface area contributed by atoms with Gasteiger partial charge in [0.05, 0.1) is 30.6 Å². The smallest absolute Gasteiger partial charge is 0.345 e. The lowest BCUT2D eigenvalue weighted by molar-refractivity contribution is -0.144. The van der Waals surface area contributed by atoms with Crippen molar-refractivity contribution in [3.8, 4) is 0 Å². The fourth-order valence-electron chi connectivity index (χ4n) is 1.63. The van der Waals surface area contributed by atoms with E-state index in [1.165, 1.54) is 24.3 Å². The van der Waals surface area contributed by atoms with Gasteiger partial charge in [-0.05, 0) is 37.1 Å². The summed E-state index contributed by atoms with van der Waals surface area (Å²) in [6.07, 6.45) is 0.256. The lowest BCUT2D eigenvalue weighted by Crippen LogP contribution is -2.14. The number of aliphatic carboxylic acids is 1. The van der Waals surface area contributed by atoms with Crippen LogP contribution in [0.15, 0.2) is 24.3 Å². The van der Waals surface area contributed by atoms with Gasteiger partial charge in [-0.15, -0.1) is 0 Å². The number of esters is 3. The topological polar surface area (TPSA) is 127 Å². The second kappa shape index (κ2) is 10.1. The fourth-order valence-corrected chi connectivity index (χ4v) is 1.63. The van der Waals surface area contributed by atoms with Crippen LogP contribution in [0, 0.1) is 0 Å². The molecule has 0 aliphatic rings. The zero-order valence-corrected chi connectivity index (χ0v) is 12.9. The van der Waals surface area contributed by atoms with E-state index in [2.05, 4.69) is 4.74 Å². The molecule has 0 heterocycles. The van der Waals surface area contributed by atoms with Crippen molar-refractivity contribution in [2.75, 3.05) is 13.2 Å². The van der Waals surface area contributed by atoms with Gasteiger partial charge >= 0.3 is 23.9 Å². The Balaban J connectivity index is 2.51. The molecule has 0 aliphatic carbocycles. The summed E-state index contributed by atoms with van der Waals surface area (Å²) in [4.78, 5) is 45.0. The van der Waals surface area contributed by atoms with Crippen molar-refractivity contribution in [2.45, 2.75) is 25.7 Å². The molecule has 0 aromatic heterocycles. The molecule has 0 aliphatic heterocycles. The number of benzene rings is 1. The maximum Gasteiger partial charge on any atom is 0.345 e. The highest BCUT2D eigenvalue weighted by atomic mass is 16.6. The van der Waals surface area contributed by atoms with Crippen LogP contribution in [0.2, 0.25) is 0 Å². The molecule has 8 nitrogen and oxygen atoms in total. The maximum atomic E-state index is 11.7. The van der Waals surface area contributed by atoms with E-state index < -0.39 is 36.7 Å². The molecule has 2 N–H and O–H groups in total. The summed E-state index contributed by atoms with van der Waals surface area (Å²) in [5.74, 6) is -3.59. The second-order valence-electron chi connectivity index (χ2n) is 4.80. The van der Waals surface area contributed by atoms with Crippen molar-refractivity contribution in [3.05, 3.63) is 35.4 Å². The zero-order chi connectivity index (χ0) is 17.9. The third kappa shape index (κ3) is 7.01. The Hall–Kier alpha value is -2.74. The molecule has 0 unspecified atom stereocenters. The molecular formula is C16H18O8. The zero-order valence-electron chi connectivity index (χ0n) is 12.9. The SMILES string of the molecule is O=C(O)CCC(=O)OC(=O)c1ccc(C(=O)OCCCCO)cc1. The van der Waals surface area contributed by atoms with Crippen LogP contribution in [0.25, 0.3) is 0 Å². The highest BCUT2D eigenvalue weighted by Gasteiger charge is 2.15. The van der Waals surface area contributed by atoms with Gasteiger partial charge < -0.3 is 19.7 Å². The molecule has 1 aromatic rings. The van der Waals surface area contributed by atoms with Crippen molar-refractivity contribution in [3.63, 3.8) is 0 Å². The van der Waals surface area contributed by atoms with E-state index in [1.807, 2.05) is 0 Å². The minimum Gasteiger partial charge on any atom is -0.481 e. The molecule has 0 radical (unpaired) electrons. The summed E-state index contributed by atoms with van der Waals surface area (Å²) >= 11 is 0. The Morgan fingerprint density at radius 3 is 2.00 bits per heavy atom. The van der Waals surface area contributed by atoms with Crippen LogP contribution >= 0.6 is 0 Å². The molecule has 1 rings (SSSR count). The van der Waals surface area contributed by atoms with E-state index in [0.29, 0.717) is 12.8 Å². The van der Waals surface area contributed by atoms with Crippen LogP contribution in [-0.4, -0.2) is 47.3 Å². The first-order valence-corrected chi connectivity index (χ1v) is 7.29. The number of rotatable bonds is 9. The molecule has 0 fully saturated rings. The van der Waals surface area contributed by atoms with Crippen molar-refractivity contribution in [2.24, 2.45) is 0 Å². The highest BCUT2D eigenvalue weighted by molar-refractivity contribution is 5.98. The van der Waals surface area contributed by atoms with Gasteiger partial charge in [-0.2, -0.15) is 0 Å². The Morgan fingerprint density at radius 2 is 1.46 bits per heavy atom. The molecule has 0 atom stereocenters. The van der Waals surface area contributed by atoms with Gasteiger partial charge in [-0.1, -0.05) is 0 Å². The van der Waals surface area contributed by atoms with Gasteiger partial charge in [0.25, 0.3) is 0 Å². The molecule has 0 saturated heterocycles. The predicted molar refractivity (Wildman–Crippen MR) is 80.3 cm³/mol. The number of carbonyl (C=O) groups excluding carboxylic acids is 3. The highest BCUT2D eigenvalue weighted by Crippen LogP contribution is 2.09. The lowest BCUT2D eigenvalue weighted by Gasteiger charge is -2.05. The number of ether oxygens (including phenoxy) is 2. The van der Waals surface area contributed by atoms with Crippen molar-refractivity contribution in [1.82, 2.24) is 0 Å². The van der Waals surface area contributed by atoms with Crippen LogP contribution in [0.5, 0.6) is 0 Å². The van der Waals surface area contributed by atoms with E-state index in [-0.39, 0.29) is 24.3 Å². The molecule has 0 bridgehead atoms. The van der Waals surface area contributed by atoms with Gasteiger partial charge in [0.2, 0.25) is 0 Å². The first-order valence-electron chi connectivity index (χ1n) is 7.29. The van der Waals surface area contributed by atoms with E-state index in [9.17, 15) is 19.2 Å². The van der Waals surface area contributed by atoms with Crippen LogP contribution < -0.4 is 0 Å². The lowest BCUT2D eigenvalue weighted by atomic mass is 10.1. The summed E-state index contributed by atoms with van der Waals surface area (Å²) < 4.78 is 9.47. The van der Waals surface area contributed by atoms with Crippen LogP contribution in [0.3, 0.4) is 0 Å². The Labute approximate surface area is 138 Å². The third-order valence-corrected chi connectivity index (χ3v) is 2.89. The predicted octanol–water partition coefficient (Wildman–Crippen LogP) is 1.16. The minimum absolute atomic E-state index is 0.0273. The average molecular weight is 338 g/mol. The minimum atomic E-state index is -1.17. The summed E-state index contributed by atoms with van der Waals surface area (Å²) in [5.41, 5.74) is 0.281. The van der Waals surface area contributed by atoms with E-state index in [0.717, 1.165) is 0 Å². The molecule has 24 heavy (non-hydrogen) atoms. The van der Waals surface area contributed by atoms with Gasteiger partial charge in [-0.25, -0.2) is 9.59 Å². The van der Waals surface area contributed by atoms with Crippen molar-refractivity contribution >= 4 is 23.9 Å². The van der Waals surface area contributed by atoms with E-state index in [4.69, 9.17) is 14.9 Å². The number of hydrogen-bond donors (Lipinski definition) is 2. The molecule has 130 valence electrons. The number of carboxylic acid groups (broad SMARTS) is 1. The van der Waals surface area contributed by atoms with E-state index >= 15 is 0 Å². The average Bonchev–Trinajstić information content (AvgIpc) is 2.56. The Bertz CT molecular complexity index is 591. The van der Waals surface area contributed by atoms with Crippen LogP contribution in [0.1, 0.15) is 46.4 Å². The molecule has 8 heteroatoms. The van der Waals surface area contributed by atoms with Crippen LogP contribution in [-0.2, 0) is 19.1 Å². The Kier molecular flexibility index (Phi) is 8.14. The quantitative estimate of drug-likeness (QED) is 0.390. The number of carbonyl (C=O) groups is 4.